The van der Waals surface area contributed by atoms with Crippen molar-refractivity contribution in [1.29, 1.82) is 0 Å². The zero-order valence-electron chi connectivity index (χ0n) is 16.1. The van der Waals surface area contributed by atoms with Gasteiger partial charge < -0.3 is 15.0 Å². The molecule has 6 heteroatoms. The molecular formula is C21H25ClN2O3. The fourth-order valence-electron chi connectivity index (χ4n) is 2.82. The van der Waals surface area contributed by atoms with E-state index in [1.807, 2.05) is 44.2 Å². The number of aryl methyl sites for hydroxylation is 1. The van der Waals surface area contributed by atoms with Crippen LogP contribution < -0.4 is 15.0 Å². The van der Waals surface area contributed by atoms with Gasteiger partial charge in [0.1, 0.15) is 5.75 Å². The van der Waals surface area contributed by atoms with Crippen LogP contribution in [0.2, 0.25) is 5.02 Å². The van der Waals surface area contributed by atoms with Crippen molar-refractivity contribution in [2.75, 3.05) is 18.6 Å². The number of benzene rings is 2. The molecule has 0 saturated heterocycles. The maximum atomic E-state index is 12.4. The third-order valence-corrected chi connectivity index (χ3v) is 4.78. The fraction of sp³-hybridized carbons (Fsp3) is 0.333. The first-order valence-electron chi connectivity index (χ1n) is 8.80. The standard InChI is InChI=1S/C21H25ClN2O3/c1-14-12-19(20(27-4)13-18(14)22)24(16(3)25)11-10-21(26)23-15(2)17-8-6-5-7-9-17/h5-9,12-13,15H,10-11H2,1-4H3,(H,23,26). The van der Waals surface area contributed by atoms with Crippen molar-refractivity contribution >= 4 is 29.1 Å². The van der Waals surface area contributed by atoms with E-state index in [0.717, 1.165) is 11.1 Å². The van der Waals surface area contributed by atoms with Gasteiger partial charge in [-0.2, -0.15) is 0 Å². The highest BCUT2D eigenvalue weighted by atomic mass is 35.5. The second kappa shape index (κ2) is 9.42. The third kappa shape index (κ3) is 5.47. The van der Waals surface area contributed by atoms with E-state index >= 15 is 0 Å². The highest BCUT2D eigenvalue weighted by molar-refractivity contribution is 6.31. The number of carbonyl (C=O) groups is 2. The molecule has 1 N–H and O–H groups in total. The van der Waals surface area contributed by atoms with Crippen LogP contribution in [0.5, 0.6) is 5.75 Å². The third-order valence-electron chi connectivity index (χ3n) is 4.37. The van der Waals surface area contributed by atoms with Gasteiger partial charge in [-0.25, -0.2) is 0 Å². The summed E-state index contributed by atoms with van der Waals surface area (Å²) < 4.78 is 5.36. The number of methoxy groups -OCH3 is 1. The molecule has 0 radical (unpaired) electrons. The van der Waals surface area contributed by atoms with Crippen LogP contribution in [0.1, 0.15) is 37.4 Å². The number of ether oxygens (including phenoxy) is 1. The van der Waals surface area contributed by atoms with Gasteiger partial charge in [0.2, 0.25) is 11.8 Å². The lowest BCUT2D eigenvalue weighted by Gasteiger charge is -2.24. The van der Waals surface area contributed by atoms with Gasteiger partial charge in [0.25, 0.3) is 0 Å². The molecule has 0 spiro atoms. The minimum atomic E-state index is -0.168. The molecule has 27 heavy (non-hydrogen) atoms. The lowest BCUT2D eigenvalue weighted by Crippen LogP contribution is -2.35. The van der Waals surface area contributed by atoms with Crippen molar-refractivity contribution in [3.8, 4) is 5.75 Å². The number of nitrogens with one attached hydrogen (secondary N) is 1. The highest BCUT2D eigenvalue weighted by Crippen LogP contribution is 2.34. The van der Waals surface area contributed by atoms with Gasteiger partial charge in [0.15, 0.2) is 0 Å². The molecule has 2 aromatic carbocycles. The van der Waals surface area contributed by atoms with Gasteiger partial charge in [-0.1, -0.05) is 41.9 Å². The van der Waals surface area contributed by atoms with E-state index in [2.05, 4.69) is 5.32 Å². The van der Waals surface area contributed by atoms with E-state index in [1.54, 1.807) is 12.1 Å². The molecule has 0 saturated carbocycles. The van der Waals surface area contributed by atoms with E-state index in [-0.39, 0.29) is 30.8 Å². The SMILES string of the molecule is COc1cc(Cl)c(C)cc1N(CCC(=O)NC(C)c1ccccc1)C(C)=O. The summed E-state index contributed by atoms with van der Waals surface area (Å²) in [4.78, 5) is 26.1. The Kier molecular flexibility index (Phi) is 7.25. The fourth-order valence-corrected chi connectivity index (χ4v) is 2.98. The predicted octanol–water partition coefficient (Wildman–Crippen LogP) is 4.28. The Hall–Kier alpha value is -2.53. The molecule has 0 fully saturated rings. The molecule has 2 amide bonds. The largest absolute Gasteiger partial charge is 0.495 e. The second-order valence-corrected chi connectivity index (χ2v) is 6.80. The van der Waals surface area contributed by atoms with Crippen LogP contribution >= 0.6 is 11.6 Å². The topological polar surface area (TPSA) is 58.6 Å². The van der Waals surface area contributed by atoms with Crippen molar-refractivity contribution in [2.24, 2.45) is 0 Å². The number of carbonyl (C=O) groups excluding carboxylic acids is 2. The lowest BCUT2D eigenvalue weighted by atomic mass is 10.1. The summed E-state index contributed by atoms with van der Waals surface area (Å²) in [5, 5.41) is 3.53. The predicted molar refractivity (Wildman–Crippen MR) is 108 cm³/mol. The summed E-state index contributed by atoms with van der Waals surface area (Å²) in [6.45, 7) is 5.51. The second-order valence-electron chi connectivity index (χ2n) is 6.39. The van der Waals surface area contributed by atoms with E-state index in [1.165, 1.54) is 18.9 Å². The minimum absolute atomic E-state index is 0.100. The number of nitrogens with zero attached hydrogens (tertiary/aromatic N) is 1. The summed E-state index contributed by atoms with van der Waals surface area (Å²) in [5.74, 6) is 0.208. The number of anilines is 1. The smallest absolute Gasteiger partial charge is 0.223 e. The highest BCUT2D eigenvalue weighted by Gasteiger charge is 2.19. The molecule has 2 aromatic rings. The zero-order chi connectivity index (χ0) is 20.0. The molecule has 0 heterocycles. The first kappa shape index (κ1) is 20.8. The van der Waals surface area contributed by atoms with Crippen molar-refractivity contribution in [1.82, 2.24) is 5.32 Å². The van der Waals surface area contributed by atoms with Gasteiger partial charge in [0.05, 0.1) is 18.8 Å². The maximum absolute atomic E-state index is 12.4. The van der Waals surface area contributed by atoms with Gasteiger partial charge in [-0.05, 0) is 31.0 Å². The molecule has 2 rings (SSSR count). The molecule has 5 nitrogen and oxygen atoms in total. The summed E-state index contributed by atoms with van der Waals surface area (Å²) in [6, 6.07) is 13.1. The zero-order valence-corrected chi connectivity index (χ0v) is 16.8. The van der Waals surface area contributed by atoms with Crippen LogP contribution in [0, 0.1) is 6.92 Å². The van der Waals surface area contributed by atoms with Gasteiger partial charge in [-0.15, -0.1) is 0 Å². The number of amides is 2. The Morgan fingerprint density at radius 3 is 2.48 bits per heavy atom. The van der Waals surface area contributed by atoms with E-state index in [4.69, 9.17) is 16.3 Å². The summed E-state index contributed by atoms with van der Waals surface area (Å²) >= 11 is 6.14. The van der Waals surface area contributed by atoms with Crippen LogP contribution in [0.25, 0.3) is 0 Å². The van der Waals surface area contributed by atoms with Crippen molar-refractivity contribution in [3.05, 3.63) is 58.6 Å². The van der Waals surface area contributed by atoms with E-state index in [0.29, 0.717) is 16.5 Å². The van der Waals surface area contributed by atoms with Gasteiger partial charge in [0, 0.05) is 31.0 Å². The maximum Gasteiger partial charge on any atom is 0.223 e. The number of hydrogen-bond acceptors (Lipinski definition) is 3. The van der Waals surface area contributed by atoms with Crippen molar-refractivity contribution < 1.29 is 14.3 Å². The first-order chi connectivity index (χ1) is 12.8. The van der Waals surface area contributed by atoms with Crippen molar-refractivity contribution in [2.45, 2.75) is 33.2 Å². The van der Waals surface area contributed by atoms with Crippen LogP contribution in [0.15, 0.2) is 42.5 Å². The average Bonchev–Trinajstić information content (AvgIpc) is 2.64. The van der Waals surface area contributed by atoms with Crippen LogP contribution in [-0.2, 0) is 9.59 Å². The molecule has 144 valence electrons. The Bertz CT molecular complexity index is 809. The van der Waals surface area contributed by atoms with Crippen LogP contribution in [-0.4, -0.2) is 25.5 Å². The normalized spacial score (nSPS) is 11.6. The van der Waals surface area contributed by atoms with E-state index < -0.39 is 0 Å². The molecule has 0 bridgehead atoms. The molecule has 1 atom stereocenters. The van der Waals surface area contributed by atoms with Crippen LogP contribution in [0.4, 0.5) is 5.69 Å². The van der Waals surface area contributed by atoms with Gasteiger partial charge >= 0.3 is 0 Å². The average molecular weight is 389 g/mol. The number of rotatable bonds is 7. The molecule has 0 aromatic heterocycles. The van der Waals surface area contributed by atoms with Crippen molar-refractivity contribution in [3.63, 3.8) is 0 Å². The molecule has 0 aliphatic carbocycles. The molecular weight excluding hydrogens is 364 g/mol. The summed E-state index contributed by atoms with van der Waals surface area (Å²) in [5.41, 5.74) is 2.47. The number of hydrogen-bond donors (Lipinski definition) is 1. The summed E-state index contributed by atoms with van der Waals surface area (Å²) in [6.07, 6.45) is 0.182. The van der Waals surface area contributed by atoms with Crippen LogP contribution in [0.3, 0.4) is 0 Å². The summed E-state index contributed by atoms with van der Waals surface area (Å²) in [7, 11) is 1.52. The first-order valence-corrected chi connectivity index (χ1v) is 9.17. The molecule has 1 unspecified atom stereocenters. The Morgan fingerprint density at radius 2 is 1.89 bits per heavy atom. The van der Waals surface area contributed by atoms with E-state index in [9.17, 15) is 9.59 Å². The Balaban J connectivity index is 2.08. The minimum Gasteiger partial charge on any atom is -0.495 e. The Labute approximate surface area is 165 Å². The Morgan fingerprint density at radius 1 is 1.22 bits per heavy atom. The molecule has 0 aliphatic heterocycles. The lowest BCUT2D eigenvalue weighted by molar-refractivity contribution is -0.121. The quantitative estimate of drug-likeness (QED) is 0.770. The molecule has 0 aliphatic rings. The number of halogens is 1. The van der Waals surface area contributed by atoms with Gasteiger partial charge in [-0.3, -0.25) is 9.59 Å². The monoisotopic (exact) mass is 388 g/mol.